The van der Waals surface area contributed by atoms with Gasteiger partial charge in [0, 0.05) is 14.2 Å². The highest BCUT2D eigenvalue weighted by Gasteiger charge is 1.91. The second-order valence-corrected chi connectivity index (χ2v) is 3.75. The third kappa shape index (κ3) is 6.72. The molecule has 0 atom stereocenters. The largest absolute Gasteiger partial charge is 0.359 e. The Morgan fingerprint density at radius 2 is 1.00 bits per heavy atom. The maximum absolute atomic E-state index is 4.69. The number of methoxy groups -OCH3 is 2. The molecule has 19 heavy (non-hydrogen) atoms. The van der Waals surface area contributed by atoms with Crippen molar-refractivity contribution < 1.29 is 14.2 Å². The molecule has 0 fully saturated rings. The molecule has 3 heteroatoms. The number of hydrogen-bond donors (Lipinski definition) is 0. The lowest BCUT2D eigenvalue weighted by Crippen LogP contribution is -1.98. The van der Waals surface area contributed by atoms with Gasteiger partial charge in [-0.1, -0.05) is 60.7 Å². The Bertz CT molecular complexity index is 373. The smallest absolute Gasteiger partial charge is 0.149 e. The van der Waals surface area contributed by atoms with Crippen LogP contribution in [0.4, 0.5) is 0 Å². The molecule has 0 unspecified atom stereocenters. The summed E-state index contributed by atoms with van der Waals surface area (Å²) in [7, 11) is 3.13. The second-order valence-electron chi connectivity index (χ2n) is 3.75. The normalized spacial score (nSPS) is 9.58. The lowest BCUT2D eigenvalue weighted by Gasteiger charge is -1.98. The Hall–Kier alpha value is -1.68. The molecule has 2 aromatic carbocycles. The van der Waals surface area contributed by atoms with Crippen LogP contribution in [-0.2, 0) is 14.2 Å². The quantitative estimate of drug-likeness (QED) is 0.607. The van der Waals surface area contributed by atoms with Gasteiger partial charge in [-0.3, -0.25) is 0 Å². The van der Waals surface area contributed by atoms with E-state index in [-0.39, 0.29) is 0 Å². The zero-order valence-electron chi connectivity index (χ0n) is 11.4. The van der Waals surface area contributed by atoms with Crippen LogP contribution in [0.25, 0.3) is 11.1 Å². The fourth-order valence-corrected chi connectivity index (χ4v) is 1.46. The van der Waals surface area contributed by atoms with Gasteiger partial charge in [-0.05, 0) is 11.1 Å². The minimum atomic E-state index is 0.299. The first-order chi connectivity index (χ1) is 9.38. The lowest BCUT2D eigenvalue weighted by molar-refractivity contribution is -0.107. The Morgan fingerprint density at radius 1 is 0.632 bits per heavy atom. The fraction of sp³-hybridized carbons (Fsp3) is 0.250. The lowest BCUT2D eigenvalue weighted by atomic mass is 10.1. The van der Waals surface area contributed by atoms with Crippen LogP contribution >= 0.6 is 0 Å². The molecule has 0 saturated carbocycles. The molecule has 0 aromatic heterocycles. The molecular formula is C16H20O3. The Morgan fingerprint density at radius 3 is 1.32 bits per heavy atom. The van der Waals surface area contributed by atoms with Crippen molar-refractivity contribution in [3.63, 3.8) is 0 Å². The van der Waals surface area contributed by atoms with Crippen LogP contribution in [0.2, 0.25) is 0 Å². The molecule has 0 radical (unpaired) electrons. The number of benzene rings is 2. The van der Waals surface area contributed by atoms with Crippen LogP contribution in [0.3, 0.4) is 0 Å². The van der Waals surface area contributed by atoms with Crippen LogP contribution in [0, 0.1) is 0 Å². The Kier molecular flexibility index (Phi) is 8.31. The molecule has 0 aliphatic rings. The van der Waals surface area contributed by atoms with E-state index in [1.165, 1.54) is 11.1 Å². The summed E-state index contributed by atoms with van der Waals surface area (Å²) < 4.78 is 13.8. The minimum Gasteiger partial charge on any atom is -0.359 e. The summed E-state index contributed by atoms with van der Waals surface area (Å²) >= 11 is 0. The predicted molar refractivity (Wildman–Crippen MR) is 76.7 cm³/mol. The van der Waals surface area contributed by atoms with Gasteiger partial charge in [0.1, 0.15) is 13.6 Å². The highest BCUT2D eigenvalue weighted by atomic mass is 16.7. The van der Waals surface area contributed by atoms with Gasteiger partial charge in [-0.15, -0.1) is 0 Å². The van der Waals surface area contributed by atoms with Crippen molar-refractivity contribution in [2.75, 3.05) is 27.8 Å². The van der Waals surface area contributed by atoms with Crippen LogP contribution in [-0.4, -0.2) is 27.8 Å². The Balaban J connectivity index is 0.000000224. The third-order valence-corrected chi connectivity index (χ3v) is 2.28. The summed E-state index contributed by atoms with van der Waals surface area (Å²) in [6.07, 6.45) is 0. The zero-order valence-corrected chi connectivity index (χ0v) is 11.4. The summed E-state index contributed by atoms with van der Waals surface area (Å²) in [6.45, 7) is 0.599. The molecule has 0 bridgehead atoms. The molecule has 0 heterocycles. The van der Waals surface area contributed by atoms with E-state index in [0.717, 1.165) is 0 Å². The number of ether oxygens (including phenoxy) is 3. The first-order valence-corrected chi connectivity index (χ1v) is 6.04. The summed E-state index contributed by atoms with van der Waals surface area (Å²) in [5, 5.41) is 0. The first kappa shape index (κ1) is 15.4. The van der Waals surface area contributed by atoms with Crippen molar-refractivity contribution in [1.82, 2.24) is 0 Å². The molecule has 2 rings (SSSR count). The molecule has 102 valence electrons. The van der Waals surface area contributed by atoms with Gasteiger partial charge in [0.25, 0.3) is 0 Å². The fourth-order valence-electron chi connectivity index (χ4n) is 1.46. The van der Waals surface area contributed by atoms with Crippen molar-refractivity contribution in [2.45, 2.75) is 0 Å². The summed E-state index contributed by atoms with van der Waals surface area (Å²) in [5.41, 5.74) is 2.55. The van der Waals surface area contributed by atoms with Crippen molar-refractivity contribution >= 4 is 0 Å². The van der Waals surface area contributed by atoms with E-state index in [1.807, 2.05) is 12.1 Å². The monoisotopic (exact) mass is 260 g/mol. The minimum absolute atomic E-state index is 0.299. The van der Waals surface area contributed by atoms with E-state index in [2.05, 4.69) is 62.7 Å². The zero-order chi connectivity index (χ0) is 13.8. The topological polar surface area (TPSA) is 27.7 Å². The molecular weight excluding hydrogens is 240 g/mol. The van der Waals surface area contributed by atoms with Gasteiger partial charge in [0.05, 0.1) is 0 Å². The van der Waals surface area contributed by atoms with E-state index >= 15 is 0 Å². The molecule has 0 saturated heterocycles. The van der Waals surface area contributed by atoms with Crippen molar-refractivity contribution in [2.24, 2.45) is 0 Å². The van der Waals surface area contributed by atoms with Crippen LogP contribution in [0.1, 0.15) is 0 Å². The molecule has 0 aliphatic heterocycles. The molecule has 0 spiro atoms. The van der Waals surface area contributed by atoms with E-state index in [9.17, 15) is 0 Å². The van der Waals surface area contributed by atoms with E-state index in [1.54, 1.807) is 14.2 Å². The van der Waals surface area contributed by atoms with Gasteiger partial charge in [-0.25, -0.2) is 0 Å². The molecule has 0 N–H and O–H groups in total. The first-order valence-electron chi connectivity index (χ1n) is 6.04. The van der Waals surface area contributed by atoms with Crippen molar-refractivity contribution in [3.05, 3.63) is 60.7 Å². The molecule has 0 aliphatic carbocycles. The van der Waals surface area contributed by atoms with Crippen LogP contribution in [0.5, 0.6) is 0 Å². The third-order valence-electron chi connectivity index (χ3n) is 2.28. The molecule has 0 amide bonds. The maximum Gasteiger partial charge on any atom is 0.149 e. The number of hydrogen-bond acceptors (Lipinski definition) is 3. The Labute approximate surface area is 114 Å². The summed E-state index contributed by atoms with van der Waals surface area (Å²) in [5.74, 6) is 0. The van der Waals surface area contributed by atoms with Gasteiger partial charge >= 0.3 is 0 Å². The summed E-state index contributed by atoms with van der Waals surface area (Å²) in [6, 6.07) is 20.8. The highest BCUT2D eigenvalue weighted by Crippen LogP contribution is 2.17. The predicted octanol–water partition coefficient (Wildman–Crippen LogP) is 3.56. The SMILES string of the molecule is COCOCOC.c1ccc(-c2ccccc2)cc1. The average molecular weight is 260 g/mol. The highest BCUT2D eigenvalue weighted by molar-refractivity contribution is 5.62. The van der Waals surface area contributed by atoms with Gasteiger partial charge < -0.3 is 14.2 Å². The maximum atomic E-state index is 4.69. The molecule has 3 nitrogen and oxygen atoms in total. The van der Waals surface area contributed by atoms with Crippen LogP contribution in [0.15, 0.2) is 60.7 Å². The molecule has 2 aromatic rings. The summed E-state index contributed by atoms with van der Waals surface area (Å²) in [4.78, 5) is 0. The second kappa shape index (κ2) is 10.3. The van der Waals surface area contributed by atoms with E-state index < -0.39 is 0 Å². The van der Waals surface area contributed by atoms with Gasteiger partial charge in [-0.2, -0.15) is 0 Å². The van der Waals surface area contributed by atoms with E-state index in [4.69, 9.17) is 0 Å². The average Bonchev–Trinajstić information content (AvgIpc) is 2.50. The van der Waals surface area contributed by atoms with Crippen molar-refractivity contribution in [1.29, 1.82) is 0 Å². The van der Waals surface area contributed by atoms with Crippen LogP contribution < -0.4 is 0 Å². The standard InChI is InChI=1S/C12H10.C4H10O3/c1-3-7-11(8-4-1)12-9-5-2-6-10-12;1-5-3-7-4-6-2/h1-10H;3-4H2,1-2H3. The van der Waals surface area contributed by atoms with Gasteiger partial charge in [0.2, 0.25) is 0 Å². The number of rotatable bonds is 5. The van der Waals surface area contributed by atoms with Crippen molar-refractivity contribution in [3.8, 4) is 11.1 Å². The van der Waals surface area contributed by atoms with E-state index in [0.29, 0.717) is 13.6 Å². The van der Waals surface area contributed by atoms with Gasteiger partial charge in [0.15, 0.2) is 0 Å².